The lowest BCUT2D eigenvalue weighted by atomic mass is 10.0. The van der Waals surface area contributed by atoms with E-state index >= 15 is 0 Å². The lowest BCUT2D eigenvalue weighted by Crippen LogP contribution is -2.48. The summed E-state index contributed by atoms with van der Waals surface area (Å²) >= 11 is 0. The third kappa shape index (κ3) is 4.00. The number of likely N-dealkylation sites (tertiary alicyclic amines) is 1. The summed E-state index contributed by atoms with van der Waals surface area (Å²) in [6.07, 6.45) is 3.01. The average molecular weight is 229 g/mol. The molecular weight excluding hydrogens is 206 g/mol. The van der Waals surface area contributed by atoms with E-state index in [1.165, 1.54) is 0 Å². The van der Waals surface area contributed by atoms with Gasteiger partial charge in [0.05, 0.1) is 12.6 Å². The lowest BCUT2D eigenvalue weighted by Gasteiger charge is -2.36. The number of ether oxygens (including phenoxy) is 2. The smallest absolute Gasteiger partial charge is 0.410 e. The highest BCUT2D eigenvalue weighted by molar-refractivity contribution is 5.68. The van der Waals surface area contributed by atoms with Crippen LogP contribution < -0.4 is 0 Å². The van der Waals surface area contributed by atoms with Crippen molar-refractivity contribution < 1.29 is 14.3 Å². The van der Waals surface area contributed by atoms with Crippen LogP contribution in [0.3, 0.4) is 0 Å². The second-order valence-corrected chi connectivity index (χ2v) is 5.28. The Hall–Kier alpha value is -0.770. The Morgan fingerprint density at radius 2 is 2.06 bits per heavy atom. The van der Waals surface area contributed by atoms with Gasteiger partial charge in [0.25, 0.3) is 0 Å². The van der Waals surface area contributed by atoms with Crippen LogP contribution in [-0.2, 0) is 9.47 Å². The first-order valence-corrected chi connectivity index (χ1v) is 5.92. The van der Waals surface area contributed by atoms with Gasteiger partial charge in [0, 0.05) is 13.7 Å². The summed E-state index contributed by atoms with van der Waals surface area (Å²) in [5, 5.41) is 0. The van der Waals surface area contributed by atoms with Gasteiger partial charge >= 0.3 is 6.09 Å². The second-order valence-electron chi connectivity index (χ2n) is 5.28. The molecule has 0 aromatic carbocycles. The average Bonchev–Trinajstić information content (AvgIpc) is 2.16. The van der Waals surface area contributed by atoms with Crippen LogP contribution in [0.15, 0.2) is 0 Å². The second kappa shape index (κ2) is 5.53. The Bertz CT molecular complexity index is 233. The molecule has 0 radical (unpaired) electrons. The van der Waals surface area contributed by atoms with Crippen LogP contribution in [0.1, 0.15) is 40.0 Å². The van der Waals surface area contributed by atoms with E-state index in [0.717, 1.165) is 25.8 Å². The highest BCUT2D eigenvalue weighted by Gasteiger charge is 2.30. The van der Waals surface area contributed by atoms with E-state index in [0.29, 0.717) is 6.61 Å². The van der Waals surface area contributed by atoms with E-state index < -0.39 is 5.60 Å². The highest BCUT2D eigenvalue weighted by atomic mass is 16.6. The molecule has 0 saturated carbocycles. The van der Waals surface area contributed by atoms with Gasteiger partial charge in [-0.3, -0.25) is 0 Å². The van der Waals surface area contributed by atoms with Crippen molar-refractivity contribution in [3.8, 4) is 0 Å². The molecule has 0 aliphatic carbocycles. The molecule has 94 valence electrons. The van der Waals surface area contributed by atoms with Gasteiger partial charge in [-0.05, 0) is 40.0 Å². The molecule has 1 rings (SSSR count). The molecule has 1 fully saturated rings. The number of carbonyl (C=O) groups is 1. The van der Waals surface area contributed by atoms with Gasteiger partial charge in [0.15, 0.2) is 0 Å². The molecule has 1 aliphatic rings. The van der Waals surface area contributed by atoms with E-state index in [4.69, 9.17) is 9.47 Å². The zero-order chi connectivity index (χ0) is 12.2. The van der Waals surface area contributed by atoms with Crippen LogP contribution in [0.2, 0.25) is 0 Å². The number of amides is 1. The topological polar surface area (TPSA) is 38.8 Å². The van der Waals surface area contributed by atoms with E-state index in [2.05, 4.69) is 0 Å². The third-order valence-corrected chi connectivity index (χ3v) is 2.61. The summed E-state index contributed by atoms with van der Waals surface area (Å²) in [5.74, 6) is 0. The molecule has 1 heterocycles. The van der Waals surface area contributed by atoms with Crippen molar-refractivity contribution in [2.24, 2.45) is 0 Å². The summed E-state index contributed by atoms with van der Waals surface area (Å²) in [6.45, 7) is 7.04. The maximum atomic E-state index is 11.9. The molecule has 4 heteroatoms. The minimum atomic E-state index is -0.424. The lowest BCUT2D eigenvalue weighted by molar-refractivity contribution is -0.00224. The van der Waals surface area contributed by atoms with E-state index in [1.54, 1.807) is 12.0 Å². The number of nitrogens with zero attached hydrogens (tertiary/aromatic N) is 1. The van der Waals surface area contributed by atoms with E-state index in [1.807, 2.05) is 20.8 Å². The fourth-order valence-corrected chi connectivity index (χ4v) is 1.93. The predicted octanol–water partition coefficient (Wildman–Crippen LogP) is 2.42. The maximum Gasteiger partial charge on any atom is 0.410 e. The van der Waals surface area contributed by atoms with Crippen LogP contribution in [0, 0.1) is 0 Å². The van der Waals surface area contributed by atoms with Crippen LogP contribution in [0.4, 0.5) is 4.79 Å². The van der Waals surface area contributed by atoms with Crippen molar-refractivity contribution in [3.63, 3.8) is 0 Å². The van der Waals surface area contributed by atoms with Gasteiger partial charge in [-0.15, -0.1) is 0 Å². The van der Waals surface area contributed by atoms with Gasteiger partial charge in [-0.1, -0.05) is 0 Å². The Balaban J connectivity index is 2.57. The first-order chi connectivity index (χ1) is 7.44. The summed E-state index contributed by atoms with van der Waals surface area (Å²) in [7, 11) is 1.67. The molecule has 1 aliphatic heterocycles. The van der Waals surface area contributed by atoms with Crippen LogP contribution in [0.25, 0.3) is 0 Å². The highest BCUT2D eigenvalue weighted by Crippen LogP contribution is 2.20. The quantitative estimate of drug-likeness (QED) is 0.730. The van der Waals surface area contributed by atoms with Gasteiger partial charge in [-0.25, -0.2) is 4.79 Å². The van der Waals surface area contributed by atoms with Crippen molar-refractivity contribution >= 4 is 6.09 Å². The third-order valence-electron chi connectivity index (χ3n) is 2.61. The maximum absolute atomic E-state index is 11.9. The molecule has 0 spiro atoms. The van der Waals surface area contributed by atoms with Gasteiger partial charge in [0.1, 0.15) is 5.60 Å². The molecule has 0 unspecified atom stereocenters. The van der Waals surface area contributed by atoms with Crippen LogP contribution in [0.5, 0.6) is 0 Å². The van der Waals surface area contributed by atoms with Crippen LogP contribution in [-0.4, -0.2) is 42.9 Å². The largest absolute Gasteiger partial charge is 0.444 e. The molecule has 4 nitrogen and oxygen atoms in total. The molecule has 1 saturated heterocycles. The number of methoxy groups -OCH3 is 1. The molecule has 0 bridgehead atoms. The SMILES string of the molecule is COC[C@@H]1CCCCN1C(=O)OC(C)(C)C. The van der Waals surface area contributed by atoms with Gasteiger partial charge < -0.3 is 14.4 Å². The number of hydrogen-bond donors (Lipinski definition) is 0. The van der Waals surface area contributed by atoms with Gasteiger partial charge in [-0.2, -0.15) is 0 Å². The standard InChI is InChI=1S/C12H23NO3/c1-12(2,3)16-11(14)13-8-6-5-7-10(13)9-15-4/h10H,5-9H2,1-4H3/t10-/m0/s1. The van der Waals surface area contributed by atoms with Gasteiger partial charge in [0.2, 0.25) is 0 Å². The number of hydrogen-bond acceptors (Lipinski definition) is 3. The van der Waals surface area contributed by atoms with Crippen LogP contribution >= 0.6 is 0 Å². The molecule has 1 atom stereocenters. The molecule has 0 aromatic rings. The minimum Gasteiger partial charge on any atom is -0.444 e. The number of rotatable bonds is 2. The normalized spacial score (nSPS) is 22.0. The first kappa shape index (κ1) is 13.3. The minimum absolute atomic E-state index is 0.175. The van der Waals surface area contributed by atoms with E-state index in [-0.39, 0.29) is 12.1 Å². The monoisotopic (exact) mass is 229 g/mol. The van der Waals surface area contributed by atoms with Crippen molar-refractivity contribution in [1.82, 2.24) is 4.90 Å². The molecule has 0 aromatic heterocycles. The molecular formula is C12H23NO3. The Labute approximate surface area is 97.9 Å². The fraction of sp³-hybridized carbons (Fsp3) is 0.917. The molecule has 1 amide bonds. The molecule has 0 N–H and O–H groups in total. The van der Waals surface area contributed by atoms with Crippen molar-refractivity contribution in [2.75, 3.05) is 20.3 Å². The summed E-state index contributed by atoms with van der Waals surface area (Å²) in [4.78, 5) is 13.8. The molecule has 16 heavy (non-hydrogen) atoms. The van der Waals surface area contributed by atoms with E-state index in [9.17, 15) is 4.79 Å². The zero-order valence-corrected chi connectivity index (χ0v) is 10.8. The fourth-order valence-electron chi connectivity index (χ4n) is 1.93. The van der Waals surface area contributed by atoms with Crippen molar-refractivity contribution in [3.05, 3.63) is 0 Å². The first-order valence-electron chi connectivity index (χ1n) is 5.92. The van der Waals surface area contributed by atoms with Crippen molar-refractivity contribution in [1.29, 1.82) is 0 Å². The number of piperidine rings is 1. The summed E-state index contributed by atoms with van der Waals surface area (Å²) < 4.78 is 10.5. The summed E-state index contributed by atoms with van der Waals surface area (Å²) in [6, 6.07) is 0.175. The summed E-state index contributed by atoms with van der Waals surface area (Å²) in [5.41, 5.74) is -0.424. The predicted molar refractivity (Wildman–Crippen MR) is 62.5 cm³/mol. The zero-order valence-electron chi connectivity index (χ0n) is 10.8. The Kier molecular flexibility index (Phi) is 4.59. The number of carbonyl (C=O) groups excluding carboxylic acids is 1. The van der Waals surface area contributed by atoms with Crippen molar-refractivity contribution in [2.45, 2.75) is 51.7 Å². The Morgan fingerprint density at radius 1 is 1.38 bits per heavy atom. The Morgan fingerprint density at radius 3 is 2.62 bits per heavy atom.